The Morgan fingerprint density at radius 2 is 1.88 bits per heavy atom. The molecule has 1 saturated heterocycles. The molecule has 5 unspecified atom stereocenters. The zero-order valence-corrected chi connectivity index (χ0v) is 15.7. The summed E-state index contributed by atoms with van der Waals surface area (Å²) in [6.45, 7) is 5.62. The van der Waals surface area contributed by atoms with Crippen molar-refractivity contribution in [2.24, 2.45) is 29.6 Å². The molecule has 2 bridgehead atoms. The number of nitrogens with zero attached hydrogens (tertiary/aromatic N) is 3. The Hall–Kier alpha value is -1.73. The number of benzene rings is 1. The van der Waals surface area contributed by atoms with Crippen molar-refractivity contribution in [3.63, 3.8) is 0 Å². The summed E-state index contributed by atoms with van der Waals surface area (Å²) in [5, 5.41) is 9.20. The highest BCUT2D eigenvalue weighted by Gasteiger charge is 2.55. The Morgan fingerprint density at radius 1 is 1.08 bits per heavy atom. The van der Waals surface area contributed by atoms with Gasteiger partial charge in [0.15, 0.2) is 0 Å². The summed E-state index contributed by atoms with van der Waals surface area (Å²) in [5.74, 6) is 6.17. The van der Waals surface area contributed by atoms with Gasteiger partial charge in [-0.05, 0) is 73.5 Å². The molecule has 5 atom stereocenters. The molecule has 1 aromatic rings. The molecule has 1 aromatic carbocycles. The number of fused-ring (bicyclic) bond motifs is 5. The van der Waals surface area contributed by atoms with Crippen molar-refractivity contribution in [1.82, 2.24) is 4.90 Å². The van der Waals surface area contributed by atoms with E-state index >= 15 is 0 Å². The highest BCUT2D eigenvalue weighted by molar-refractivity contribution is 5.62. The highest BCUT2D eigenvalue weighted by Crippen LogP contribution is 2.63. The third kappa shape index (κ3) is 2.60. The fourth-order valence-electron chi connectivity index (χ4n) is 6.46. The maximum absolute atomic E-state index is 9.20. The van der Waals surface area contributed by atoms with Gasteiger partial charge in [-0.1, -0.05) is 0 Å². The van der Waals surface area contributed by atoms with E-state index in [1.54, 1.807) is 7.11 Å². The first-order chi connectivity index (χ1) is 12.8. The standard InChI is InChI=1S/C22H29N3O/c1-26-22-5-2-15(13-23)10-21(22)25-8-6-24(7-9-25)14-17-11-16-12-20(17)19-4-3-18(16)19/h2,5,10,16-20H,3-4,6-9,11-12,14H2,1H3. The van der Waals surface area contributed by atoms with E-state index in [1.807, 2.05) is 18.2 Å². The van der Waals surface area contributed by atoms with E-state index in [2.05, 4.69) is 15.9 Å². The van der Waals surface area contributed by atoms with Crippen molar-refractivity contribution in [2.75, 3.05) is 44.7 Å². The van der Waals surface area contributed by atoms with Crippen LogP contribution < -0.4 is 9.64 Å². The van der Waals surface area contributed by atoms with E-state index in [4.69, 9.17) is 4.74 Å². The van der Waals surface area contributed by atoms with Gasteiger partial charge < -0.3 is 9.64 Å². The maximum atomic E-state index is 9.20. The lowest BCUT2D eigenvalue weighted by Crippen LogP contribution is -2.49. The number of hydrogen-bond donors (Lipinski definition) is 0. The van der Waals surface area contributed by atoms with Gasteiger partial charge in [0.1, 0.15) is 5.75 Å². The van der Waals surface area contributed by atoms with Crippen molar-refractivity contribution >= 4 is 5.69 Å². The Balaban J connectivity index is 1.20. The molecule has 0 radical (unpaired) electrons. The Kier molecular flexibility index (Phi) is 4.09. The minimum atomic E-state index is 0.709. The van der Waals surface area contributed by atoms with Gasteiger partial charge in [0.25, 0.3) is 0 Å². The SMILES string of the molecule is COc1ccc(C#N)cc1N1CCN(CC2CC3CC2C2CCC32)CC1. The van der Waals surface area contributed by atoms with Crippen molar-refractivity contribution < 1.29 is 4.74 Å². The molecule has 0 amide bonds. The van der Waals surface area contributed by atoms with Crippen LogP contribution in [0.1, 0.15) is 31.2 Å². The third-order valence-corrected chi connectivity index (χ3v) is 7.84. The van der Waals surface area contributed by atoms with E-state index in [0.717, 1.165) is 67.2 Å². The summed E-state index contributed by atoms with van der Waals surface area (Å²) in [4.78, 5) is 5.08. The van der Waals surface area contributed by atoms with Gasteiger partial charge in [-0.15, -0.1) is 0 Å². The number of ether oxygens (including phenoxy) is 1. The molecule has 1 heterocycles. The van der Waals surface area contributed by atoms with Gasteiger partial charge in [0, 0.05) is 32.7 Å². The molecule has 4 fully saturated rings. The molecule has 4 heteroatoms. The summed E-state index contributed by atoms with van der Waals surface area (Å²) < 4.78 is 5.53. The summed E-state index contributed by atoms with van der Waals surface area (Å²) in [6.07, 6.45) is 6.09. The average molecular weight is 351 g/mol. The summed E-state index contributed by atoms with van der Waals surface area (Å²) >= 11 is 0. The fourth-order valence-corrected chi connectivity index (χ4v) is 6.46. The Labute approximate surface area is 156 Å². The van der Waals surface area contributed by atoms with Gasteiger partial charge in [0.05, 0.1) is 24.4 Å². The van der Waals surface area contributed by atoms with Crippen LogP contribution in [0.25, 0.3) is 0 Å². The normalized spacial score (nSPS) is 35.7. The molecular formula is C22H29N3O. The second-order valence-corrected chi connectivity index (χ2v) is 8.85. The van der Waals surface area contributed by atoms with Crippen LogP contribution in [0.5, 0.6) is 5.75 Å². The lowest BCUT2D eigenvalue weighted by atomic mass is 9.62. The van der Waals surface area contributed by atoms with Gasteiger partial charge in [-0.2, -0.15) is 5.26 Å². The molecule has 138 valence electrons. The molecule has 3 aliphatic carbocycles. The largest absolute Gasteiger partial charge is 0.495 e. The number of nitriles is 1. The van der Waals surface area contributed by atoms with E-state index in [-0.39, 0.29) is 0 Å². The third-order valence-electron chi connectivity index (χ3n) is 7.84. The molecule has 4 nitrogen and oxygen atoms in total. The van der Waals surface area contributed by atoms with Gasteiger partial charge >= 0.3 is 0 Å². The summed E-state index contributed by atoms with van der Waals surface area (Å²) in [6, 6.07) is 7.98. The number of hydrogen-bond acceptors (Lipinski definition) is 4. The van der Waals surface area contributed by atoms with Crippen LogP contribution in [0.3, 0.4) is 0 Å². The van der Waals surface area contributed by atoms with Gasteiger partial charge in [-0.3, -0.25) is 4.90 Å². The first-order valence-corrected chi connectivity index (χ1v) is 10.3. The fraction of sp³-hybridized carbons (Fsp3) is 0.682. The number of piperazine rings is 1. The van der Waals surface area contributed by atoms with Crippen molar-refractivity contribution in [3.8, 4) is 11.8 Å². The smallest absolute Gasteiger partial charge is 0.142 e. The van der Waals surface area contributed by atoms with Crippen LogP contribution in [0.2, 0.25) is 0 Å². The van der Waals surface area contributed by atoms with Crippen LogP contribution in [0, 0.1) is 40.9 Å². The second-order valence-electron chi connectivity index (χ2n) is 8.85. The first-order valence-electron chi connectivity index (χ1n) is 10.3. The predicted octanol–water partition coefficient (Wildman–Crippen LogP) is 3.37. The quantitative estimate of drug-likeness (QED) is 0.834. The predicted molar refractivity (Wildman–Crippen MR) is 102 cm³/mol. The highest BCUT2D eigenvalue weighted by atomic mass is 16.5. The minimum Gasteiger partial charge on any atom is -0.495 e. The second kappa shape index (κ2) is 6.46. The molecule has 4 aliphatic rings. The van der Waals surface area contributed by atoms with Crippen LogP contribution >= 0.6 is 0 Å². The van der Waals surface area contributed by atoms with Crippen LogP contribution in [0.4, 0.5) is 5.69 Å². The molecule has 0 aromatic heterocycles. The number of methoxy groups -OCH3 is 1. The minimum absolute atomic E-state index is 0.709. The zero-order valence-electron chi connectivity index (χ0n) is 15.7. The van der Waals surface area contributed by atoms with E-state index in [0.29, 0.717) is 5.56 Å². The maximum Gasteiger partial charge on any atom is 0.142 e. The summed E-state index contributed by atoms with van der Waals surface area (Å²) in [7, 11) is 1.71. The average Bonchev–Trinajstić information content (AvgIpc) is 3.13. The number of rotatable bonds is 4. The Bertz CT molecular complexity index is 717. The van der Waals surface area contributed by atoms with Crippen LogP contribution in [-0.2, 0) is 0 Å². The number of anilines is 1. The molecule has 5 rings (SSSR count). The lowest BCUT2D eigenvalue weighted by molar-refractivity contribution is 0.0484. The molecule has 3 saturated carbocycles. The van der Waals surface area contributed by atoms with Crippen LogP contribution in [0.15, 0.2) is 18.2 Å². The zero-order chi connectivity index (χ0) is 17.7. The topological polar surface area (TPSA) is 39.5 Å². The van der Waals surface area contributed by atoms with Crippen LogP contribution in [-0.4, -0.2) is 44.7 Å². The van der Waals surface area contributed by atoms with E-state index < -0.39 is 0 Å². The molecule has 1 aliphatic heterocycles. The van der Waals surface area contributed by atoms with E-state index in [9.17, 15) is 5.26 Å². The monoisotopic (exact) mass is 351 g/mol. The lowest BCUT2D eigenvalue weighted by Gasteiger charge is -2.45. The van der Waals surface area contributed by atoms with E-state index in [1.165, 1.54) is 32.2 Å². The molecule has 0 spiro atoms. The first kappa shape index (κ1) is 16.4. The molecule has 26 heavy (non-hydrogen) atoms. The summed E-state index contributed by atoms with van der Waals surface area (Å²) in [5.41, 5.74) is 1.78. The molecule has 0 N–H and O–H groups in total. The molecular weight excluding hydrogens is 322 g/mol. The van der Waals surface area contributed by atoms with Crippen molar-refractivity contribution in [1.29, 1.82) is 5.26 Å². The van der Waals surface area contributed by atoms with Gasteiger partial charge in [0.2, 0.25) is 0 Å². The van der Waals surface area contributed by atoms with Crippen molar-refractivity contribution in [2.45, 2.75) is 25.7 Å². The van der Waals surface area contributed by atoms with Gasteiger partial charge in [-0.25, -0.2) is 0 Å². The van der Waals surface area contributed by atoms with Crippen molar-refractivity contribution in [3.05, 3.63) is 23.8 Å². The Morgan fingerprint density at radius 3 is 2.54 bits per heavy atom.